The van der Waals surface area contributed by atoms with E-state index in [1.54, 1.807) is 0 Å². The first-order valence-corrected chi connectivity index (χ1v) is 7.46. The zero-order valence-corrected chi connectivity index (χ0v) is 11.4. The predicted octanol–water partition coefficient (Wildman–Crippen LogP) is 1.87. The maximum absolute atomic E-state index is 9.47. The highest BCUT2D eigenvalue weighted by Gasteiger charge is 2.23. The molecular formula is C12H26N2OS. The molecule has 0 radical (unpaired) electrons. The van der Waals surface area contributed by atoms with Crippen LogP contribution >= 0.6 is 11.9 Å². The Morgan fingerprint density at radius 1 is 1.50 bits per heavy atom. The maximum atomic E-state index is 9.47. The zero-order valence-electron chi connectivity index (χ0n) is 10.6. The lowest BCUT2D eigenvalue weighted by Crippen LogP contribution is -2.49. The van der Waals surface area contributed by atoms with E-state index in [2.05, 4.69) is 16.5 Å². The highest BCUT2D eigenvalue weighted by Crippen LogP contribution is 2.20. The highest BCUT2D eigenvalue weighted by atomic mass is 32.2. The van der Waals surface area contributed by atoms with Crippen molar-refractivity contribution < 1.29 is 5.11 Å². The van der Waals surface area contributed by atoms with Crippen molar-refractivity contribution >= 4 is 11.9 Å². The van der Waals surface area contributed by atoms with Crippen LogP contribution in [0, 0.1) is 0 Å². The third-order valence-corrected chi connectivity index (χ3v) is 4.20. The molecule has 0 aliphatic carbocycles. The van der Waals surface area contributed by atoms with Gasteiger partial charge in [0.1, 0.15) is 0 Å². The Hall–Kier alpha value is 0.230. The van der Waals surface area contributed by atoms with Crippen molar-refractivity contribution in [1.29, 1.82) is 0 Å². The Kier molecular flexibility index (Phi) is 7.45. The van der Waals surface area contributed by atoms with Gasteiger partial charge in [0, 0.05) is 31.4 Å². The van der Waals surface area contributed by atoms with Crippen molar-refractivity contribution in [1.82, 2.24) is 9.62 Å². The molecule has 16 heavy (non-hydrogen) atoms. The molecule has 1 aliphatic rings. The minimum absolute atomic E-state index is 0.191. The first-order chi connectivity index (χ1) is 7.74. The molecule has 3 nitrogen and oxygen atoms in total. The second-order valence-electron chi connectivity index (χ2n) is 4.62. The van der Waals surface area contributed by atoms with E-state index in [0.717, 1.165) is 26.1 Å². The van der Waals surface area contributed by atoms with E-state index in [9.17, 15) is 5.11 Å². The van der Waals surface area contributed by atoms with Gasteiger partial charge in [0.05, 0.1) is 6.10 Å². The van der Waals surface area contributed by atoms with Crippen molar-refractivity contribution in [2.75, 3.05) is 25.4 Å². The molecule has 1 rings (SSSR count). The van der Waals surface area contributed by atoms with Crippen molar-refractivity contribution in [2.24, 2.45) is 0 Å². The van der Waals surface area contributed by atoms with Gasteiger partial charge in [0.2, 0.25) is 0 Å². The summed E-state index contributed by atoms with van der Waals surface area (Å²) >= 11 is 1.97. The topological polar surface area (TPSA) is 35.5 Å². The molecule has 4 heteroatoms. The van der Waals surface area contributed by atoms with Crippen LogP contribution in [-0.2, 0) is 0 Å². The molecule has 2 atom stereocenters. The van der Waals surface area contributed by atoms with Gasteiger partial charge in [0.15, 0.2) is 0 Å². The smallest absolute Gasteiger partial charge is 0.0527 e. The van der Waals surface area contributed by atoms with Crippen LogP contribution < -0.4 is 5.32 Å². The monoisotopic (exact) mass is 246 g/mol. The first kappa shape index (κ1) is 14.3. The summed E-state index contributed by atoms with van der Waals surface area (Å²) in [7, 11) is 0. The van der Waals surface area contributed by atoms with Gasteiger partial charge in [-0.25, -0.2) is 4.31 Å². The van der Waals surface area contributed by atoms with E-state index >= 15 is 0 Å². The van der Waals surface area contributed by atoms with Crippen molar-refractivity contribution in [3.8, 4) is 0 Å². The van der Waals surface area contributed by atoms with E-state index in [1.165, 1.54) is 25.0 Å². The third-order valence-electron chi connectivity index (χ3n) is 2.91. The van der Waals surface area contributed by atoms with Crippen LogP contribution in [0.2, 0.25) is 0 Å². The predicted molar refractivity (Wildman–Crippen MR) is 71.6 cm³/mol. The largest absolute Gasteiger partial charge is 0.393 e. The van der Waals surface area contributed by atoms with Crippen molar-refractivity contribution in [3.05, 3.63) is 0 Å². The van der Waals surface area contributed by atoms with E-state index in [-0.39, 0.29) is 6.10 Å². The fraction of sp³-hybridized carbons (Fsp3) is 1.00. The Morgan fingerprint density at radius 3 is 3.00 bits per heavy atom. The molecule has 2 N–H and O–H groups in total. The first-order valence-electron chi connectivity index (χ1n) is 6.52. The zero-order chi connectivity index (χ0) is 11.8. The minimum Gasteiger partial charge on any atom is -0.393 e. The summed E-state index contributed by atoms with van der Waals surface area (Å²) in [5, 5.41) is 12.9. The standard InChI is InChI=1S/C12H26N2OS/c1-3-4-5-8-16-14-7-6-13-10-12(14)9-11(2)15/h11-13,15H,3-10H2,1-2H3. The molecule has 2 unspecified atom stereocenters. The van der Waals surface area contributed by atoms with Crippen LogP contribution in [0.25, 0.3) is 0 Å². The highest BCUT2D eigenvalue weighted by molar-refractivity contribution is 7.97. The molecule has 1 aliphatic heterocycles. The number of hydrogen-bond acceptors (Lipinski definition) is 4. The fourth-order valence-electron chi connectivity index (χ4n) is 2.04. The summed E-state index contributed by atoms with van der Waals surface area (Å²) in [4.78, 5) is 0. The molecule has 96 valence electrons. The molecule has 0 aromatic rings. The lowest BCUT2D eigenvalue weighted by Gasteiger charge is -2.35. The molecule has 0 bridgehead atoms. The molecule has 1 saturated heterocycles. The number of nitrogens with zero attached hydrogens (tertiary/aromatic N) is 1. The molecule has 1 fully saturated rings. The number of hydrogen-bond donors (Lipinski definition) is 2. The molecule has 0 aromatic carbocycles. The van der Waals surface area contributed by atoms with E-state index in [1.807, 2.05) is 18.9 Å². The van der Waals surface area contributed by atoms with Crippen LogP contribution in [0.1, 0.15) is 39.5 Å². The normalized spacial score (nSPS) is 24.6. The lowest BCUT2D eigenvalue weighted by atomic mass is 10.1. The van der Waals surface area contributed by atoms with Crippen molar-refractivity contribution in [3.63, 3.8) is 0 Å². The number of rotatable bonds is 7. The quantitative estimate of drug-likeness (QED) is 0.531. The van der Waals surface area contributed by atoms with Gasteiger partial charge in [-0.3, -0.25) is 0 Å². The van der Waals surface area contributed by atoms with Crippen LogP contribution in [0.5, 0.6) is 0 Å². The average Bonchev–Trinajstić information content (AvgIpc) is 2.26. The average molecular weight is 246 g/mol. The summed E-state index contributed by atoms with van der Waals surface area (Å²) in [5.41, 5.74) is 0. The third kappa shape index (κ3) is 5.53. The molecule has 0 spiro atoms. The Balaban J connectivity index is 2.23. The van der Waals surface area contributed by atoms with E-state index in [4.69, 9.17) is 0 Å². The summed E-state index contributed by atoms with van der Waals surface area (Å²) in [5.74, 6) is 1.23. The maximum Gasteiger partial charge on any atom is 0.0527 e. The van der Waals surface area contributed by atoms with Gasteiger partial charge in [0.25, 0.3) is 0 Å². The Bertz CT molecular complexity index is 178. The fourth-order valence-corrected chi connectivity index (χ4v) is 3.20. The summed E-state index contributed by atoms with van der Waals surface area (Å²) in [6.45, 7) is 7.33. The minimum atomic E-state index is -0.191. The number of piperazine rings is 1. The number of unbranched alkanes of at least 4 members (excludes halogenated alkanes) is 2. The van der Waals surface area contributed by atoms with Gasteiger partial charge in [-0.05, 0) is 19.8 Å². The molecule has 0 amide bonds. The number of aliphatic hydroxyl groups excluding tert-OH is 1. The second kappa shape index (κ2) is 8.34. The molecule has 0 aromatic heterocycles. The summed E-state index contributed by atoms with van der Waals surface area (Å²) in [6, 6.07) is 0.500. The van der Waals surface area contributed by atoms with Crippen LogP contribution in [-0.4, -0.2) is 46.9 Å². The molecular weight excluding hydrogens is 220 g/mol. The Labute approximate surface area is 104 Å². The summed E-state index contributed by atoms with van der Waals surface area (Å²) in [6.07, 6.45) is 4.63. The van der Waals surface area contributed by atoms with Crippen molar-refractivity contribution in [2.45, 2.75) is 51.7 Å². The number of aliphatic hydroxyl groups is 1. The SMILES string of the molecule is CCCCCSN1CCNCC1CC(C)O. The lowest BCUT2D eigenvalue weighted by molar-refractivity contribution is 0.141. The van der Waals surface area contributed by atoms with E-state index in [0.29, 0.717) is 6.04 Å². The second-order valence-corrected chi connectivity index (χ2v) is 5.76. The Morgan fingerprint density at radius 2 is 2.31 bits per heavy atom. The van der Waals surface area contributed by atoms with Crippen LogP contribution in [0.4, 0.5) is 0 Å². The van der Waals surface area contributed by atoms with Crippen LogP contribution in [0.3, 0.4) is 0 Å². The number of nitrogens with one attached hydrogen (secondary N) is 1. The molecule has 0 saturated carbocycles. The van der Waals surface area contributed by atoms with Gasteiger partial charge in [-0.1, -0.05) is 31.7 Å². The van der Waals surface area contributed by atoms with Gasteiger partial charge < -0.3 is 10.4 Å². The van der Waals surface area contributed by atoms with E-state index < -0.39 is 0 Å². The van der Waals surface area contributed by atoms with Gasteiger partial charge >= 0.3 is 0 Å². The van der Waals surface area contributed by atoms with Gasteiger partial charge in [-0.2, -0.15) is 0 Å². The summed E-state index contributed by atoms with van der Waals surface area (Å²) < 4.78 is 2.47. The van der Waals surface area contributed by atoms with Gasteiger partial charge in [-0.15, -0.1) is 0 Å². The molecule has 1 heterocycles. The van der Waals surface area contributed by atoms with Crippen LogP contribution in [0.15, 0.2) is 0 Å².